The largest absolute Gasteiger partial charge is 0.465 e. The molecule has 0 aliphatic heterocycles. The highest BCUT2D eigenvalue weighted by molar-refractivity contribution is 6.05. The van der Waals surface area contributed by atoms with Crippen LogP contribution in [-0.4, -0.2) is 36.7 Å². The van der Waals surface area contributed by atoms with Crippen molar-refractivity contribution in [3.63, 3.8) is 0 Å². The number of rotatable bonds is 8. The molecular weight excluding hydrogens is 384 g/mol. The highest BCUT2D eigenvalue weighted by Gasteiger charge is 2.47. The number of carbonyl (C=O) groups excluding carboxylic acids is 4. The summed E-state index contributed by atoms with van der Waals surface area (Å²) in [4.78, 5) is 51.1. The van der Waals surface area contributed by atoms with E-state index in [1.165, 1.54) is 0 Å². The lowest BCUT2D eigenvalue weighted by molar-refractivity contribution is -0.162. The first kappa shape index (κ1) is 24.3. The van der Waals surface area contributed by atoms with Gasteiger partial charge in [0.2, 0.25) is 0 Å². The zero-order valence-corrected chi connectivity index (χ0v) is 18.5. The summed E-state index contributed by atoms with van der Waals surface area (Å²) in [7, 11) is 0. The Morgan fingerprint density at radius 2 is 1.13 bits per heavy atom. The molecule has 2 atom stereocenters. The van der Waals surface area contributed by atoms with Crippen molar-refractivity contribution >= 4 is 23.5 Å². The lowest BCUT2D eigenvalue weighted by atomic mass is 9.74. The van der Waals surface area contributed by atoms with Crippen molar-refractivity contribution in [2.24, 2.45) is 10.8 Å². The van der Waals surface area contributed by atoms with Crippen molar-refractivity contribution in [3.05, 3.63) is 12.2 Å². The maximum Gasteiger partial charge on any atom is 0.319 e. The third-order valence-electron chi connectivity index (χ3n) is 6.51. The first-order chi connectivity index (χ1) is 14.4. The van der Waals surface area contributed by atoms with E-state index < -0.39 is 22.8 Å². The lowest BCUT2D eigenvalue weighted by Crippen LogP contribution is -2.40. The van der Waals surface area contributed by atoms with Crippen molar-refractivity contribution in [2.75, 3.05) is 13.2 Å². The molecule has 2 aliphatic carbocycles. The molecule has 2 unspecified atom stereocenters. The maximum absolute atomic E-state index is 12.8. The van der Waals surface area contributed by atoms with Crippen molar-refractivity contribution in [3.8, 4) is 0 Å². The van der Waals surface area contributed by atoms with Gasteiger partial charge < -0.3 is 9.47 Å². The lowest BCUT2D eigenvalue weighted by Gasteiger charge is -2.29. The van der Waals surface area contributed by atoms with Crippen molar-refractivity contribution in [1.82, 2.24) is 0 Å². The van der Waals surface area contributed by atoms with E-state index in [4.69, 9.17) is 9.47 Å². The molecule has 2 rings (SSSR count). The second kappa shape index (κ2) is 11.4. The zero-order valence-electron chi connectivity index (χ0n) is 18.5. The topological polar surface area (TPSA) is 86.7 Å². The van der Waals surface area contributed by atoms with Crippen LogP contribution in [0.1, 0.15) is 90.9 Å². The normalized spacial score (nSPS) is 28.1. The minimum atomic E-state index is -1.15. The number of Topliss-reactive ketones (excluding diaryl/α,β-unsaturated/α-hetero) is 2. The Kier molecular flexibility index (Phi) is 9.25. The van der Waals surface area contributed by atoms with Crippen LogP contribution in [0, 0.1) is 10.8 Å². The molecule has 6 heteroatoms. The first-order valence-corrected chi connectivity index (χ1v) is 11.5. The summed E-state index contributed by atoms with van der Waals surface area (Å²) in [5.41, 5.74) is -2.29. The zero-order chi connectivity index (χ0) is 22.0. The van der Waals surface area contributed by atoms with E-state index in [0.717, 1.165) is 38.5 Å². The summed E-state index contributed by atoms with van der Waals surface area (Å²) in [5.74, 6) is -1.03. The van der Waals surface area contributed by atoms with Gasteiger partial charge in [-0.2, -0.15) is 0 Å². The minimum absolute atomic E-state index is 0.0613. The van der Waals surface area contributed by atoms with Gasteiger partial charge in [-0.05, 0) is 52.4 Å². The van der Waals surface area contributed by atoms with Crippen LogP contribution in [-0.2, 0) is 28.7 Å². The third kappa shape index (κ3) is 5.38. The van der Waals surface area contributed by atoms with E-state index in [1.807, 2.05) is 0 Å². The number of esters is 2. The fourth-order valence-electron chi connectivity index (χ4n) is 4.67. The van der Waals surface area contributed by atoms with E-state index in [-0.39, 0.29) is 37.6 Å². The first-order valence-electron chi connectivity index (χ1n) is 11.5. The summed E-state index contributed by atoms with van der Waals surface area (Å²) >= 11 is 0. The van der Waals surface area contributed by atoms with E-state index in [9.17, 15) is 19.2 Å². The van der Waals surface area contributed by atoms with Crippen LogP contribution in [0.3, 0.4) is 0 Å². The smallest absolute Gasteiger partial charge is 0.319 e. The fourth-order valence-corrected chi connectivity index (χ4v) is 4.67. The highest BCUT2D eigenvalue weighted by atomic mass is 16.5. The molecule has 0 aromatic rings. The van der Waals surface area contributed by atoms with Gasteiger partial charge in [0.05, 0.1) is 13.2 Å². The predicted octanol–water partition coefficient (Wildman–Crippen LogP) is 4.49. The third-order valence-corrected chi connectivity index (χ3v) is 6.51. The standard InChI is InChI=1S/C24H36O6/c1-3-29-21(27)23(15-9-5-7-13-19(23)25)17-11-12-18-24(22(28)30-4-2)16-10-6-8-14-20(24)26/h11-12H,3-10,13-18H2,1-2H3/b12-11+. The van der Waals surface area contributed by atoms with Gasteiger partial charge in [-0.3, -0.25) is 19.2 Å². The average molecular weight is 421 g/mol. The predicted molar refractivity (Wildman–Crippen MR) is 113 cm³/mol. The number of hydrogen-bond donors (Lipinski definition) is 0. The van der Waals surface area contributed by atoms with Gasteiger partial charge in [0.15, 0.2) is 0 Å². The molecule has 0 radical (unpaired) electrons. The Bertz CT molecular complexity index is 611. The SMILES string of the molecule is CCOC(=O)C1(C/C=C/CC2(C(=O)OCC)CCCCCC2=O)CCCCCC1=O. The average Bonchev–Trinajstić information content (AvgIpc) is 3.03. The Labute approximate surface area is 179 Å². The summed E-state index contributed by atoms with van der Waals surface area (Å²) in [6.45, 7) is 3.95. The quantitative estimate of drug-likeness (QED) is 0.249. The second-order valence-corrected chi connectivity index (χ2v) is 8.45. The second-order valence-electron chi connectivity index (χ2n) is 8.45. The van der Waals surface area contributed by atoms with Gasteiger partial charge in [0.25, 0.3) is 0 Å². The van der Waals surface area contributed by atoms with Crippen LogP contribution in [0.15, 0.2) is 12.2 Å². The summed E-state index contributed by atoms with van der Waals surface area (Å²) < 4.78 is 10.5. The Balaban J connectivity index is 2.21. The molecule has 0 aromatic carbocycles. The molecule has 0 saturated heterocycles. The molecule has 30 heavy (non-hydrogen) atoms. The number of hydrogen-bond acceptors (Lipinski definition) is 6. The molecule has 2 saturated carbocycles. The monoisotopic (exact) mass is 420 g/mol. The van der Waals surface area contributed by atoms with Crippen LogP contribution >= 0.6 is 0 Å². The fraction of sp³-hybridized carbons (Fsp3) is 0.750. The summed E-state index contributed by atoms with van der Waals surface area (Å²) in [6, 6.07) is 0. The Morgan fingerprint density at radius 1 is 0.733 bits per heavy atom. The molecule has 6 nitrogen and oxygen atoms in total. The van der Waals surface area contributed by atoms with E-state index in [1.54, 1.807) is 26.0 Å². The van der Waals surface area contributed by atoms with Gasteiger partial charge >= 0.3 is 11.9 Å². The van der Waals surface area contributed by atoms with Crippen molar-refractivity contribution < 1.29 is 28.7 Å². The molecule has 2 fully saturated rings. The Hall–Kier alpha value is -1.98. The number of ether oxygens (including phenoxy) is 2. The summed E-state index contributed by atoms with van der Waals surface area (Å²) in [5, 5.41) is 0. The number of allylic oxidation sites excluding steroid dienone is 2. The Morgan fingerprint density at radius 3 is 1.50 bits per heavy atom. The van der Waals surface area contributed by atoms with Gasteiger partial charge in [-0.15, -0.1) is 0 Å². The molecule has 168 valence electrons. The van der Waals surface area contributed by atoms with Crippen LogP contribution in [0.5, 0.6) is 0 Å². The molecule has 0 N–H and O–H groups in total. The van der Waals surface area contributed by atoms with Crippen LogP contribution < -0.4 is 0 Å². The molecule has 2 aliphatic rings. The molecule has 0 heterocycles. The van der Waals surface area contributed by atoms with E-state index in [0.29, 0.717) is 25.7 Å². The van der Waals surface area contributed by atoms with Crippen LogP contribution in [0.2, 0.25) is 0 Å². The van der Waals surface area contributed by atoms with E-state index in [2.05, 4.69) is 0 Å². The van der Waals surface area contributed by atoms with Gasteiger partial charge in [-0.25, -0.2) is 0 Å². The molecule has 0 bridgehead atoms. The molecule has 0 amide bonds. The maximum atomic E-state index is 12.8. The number of ketones is 2. The van der Waals surface area contributed by atoms with Gasteiger partial charge in [-0.1, -0.05) is 37.8 Å². The van der Waals surface area contributed by atoms with Gasteiger partial charge in [0, 0.05) is 12.8 Å². The van der Waals surface area contributed by atoms with Crippen LogP contribution in [0.4, 0.5) is 0 Å². The summed E-state index contributed by atoms with van der Waals surface area (Å²) in [6.07, 6.45) is 10.9. The van der Waals surface area contributed by atoms with Gasteiger partial charge in [0.1, 0.15) is 22.4 Å². The van der Waals surface area contributed by atoms with Crippen LogP contribution in [0.25, 0.3) is 0 Å². The molecule has 0 spiro atoms. The van der Waals surface area contributed by atoms with E-state index >= 15 is 0 Å². The minimum Gasteiger partial charge on any atom is -0.465 e. The molecule has 0 aromatic heterocycles. The number of carbonyl (C=O) groups is 4. The van der Waals surface area contributed by atoms with Crippen molar-refractivity contribution in [1.29, 1.82) is 0 Å². The highest BCUT2D eigenvalue weighted by Crippen LogP contribution is 2.39. The van der Waals surface area contributed by atoms with Crippen molar-refractivity contribution in [2.45, 2.75) is 90.9 Å². The molecular formula is C24H36O6.